The number of halogens is 11. The number of amides is 1. The van der Waals surface area contributed by atoms with Crippen LogP contribution in [-0.4, -0.2) is 26.6 Å². The Balaban J connectivity index is 2.20. The van der Waals surface area contributed by atoms with E-state index < -0.39 is 59.5 Å². The minimum atomic E-state index is -6.35. The highest BCUT2D eigenvalue weighted by Crippen LogP contribution is 2.56. The van der Waals surface area contributed by atoms with Crippen LogP contribution >= 0.6 is 31.9 Å². The maximum absolute atomic E-state index is 14.9. The van der Waals surface area contributed by atoms with Crippen molar-refractivity contribution in [3.63, 3.8) is 0 Å². The average molecular weight is 688 g/mol. The summed E-state index contributed by atoms with van der Waals surface area (Å²) in [7, 11) is -4.21. The van der Waals surface area contributed by atoms with Crippen LogP contribution in [-0.2, 0) is 16.5 Å². The van der Waals surface area contributed by atoms with E-state index in [4.69, 9.17) is 0 Å². The van der Waals surface area contributed by atoms with Gasteiger partial charge in [-0.05, 0) is 62.2 Å². The molecule has 0 fully saturated rings. The molecule has 2 aromatic carbocycles. The van der Waals surface area contributed by atoms with Gasteiger partial charge in [-0.15, -0.1) is 0 Å². The molecular weight excluding hydrogens is 679 g/mol. The molecule has 0 aliphatic carbocycles. The molecule has 1 heterocycles. The normalized spacial score (nSPS) is 15.3. The summed E-state index contributed by atoms with van der Waals surface area (Å²) in [6, 6.07) is 6.16. The van der Waals surface area contributed by atoms with Gasteiger partial charge < -0.3 is 10.5 Å². The van der Waals surface area contributed by atoms with Crippen molar-refractivity contribution in [2.45, 2.75) is 27.1 Å². The van der Waals surface area contributed by atoms with Crippen molar-refractivity contribution in [1.29, 1.82) is 0 Å². The van der Waals surface area contributed by atoms with E-state index in [1.54, 1.807) is 0 Å². The number of anilines is 1. The fraction of sp³-hybridized carbons (Fsp3) is 0.200. The van der Waals surface area contributed by atoms with Gasteiger partial charge in [0.25, 0.3) is 5.91 Å². The molecule has 0 saturated heterocycles. The predicted octanol–water partition coefficient (Wildman–Crippen LogP) is 6.83. The first-order valence-corrected chi connectivity index (χ1v) is 12.1. The molecule has 0 aliphatic rings. The van der Waals surface area contributed by atoms with Gasteiger partial charge in [-0.2, -0.15) is 39.9 Å². The first kappa shape index (κ1) is 29.2. The van der Waals surface area contributed by atoms with E-state index >= 15 is 0 Å². The highest BCUT2D eigenvalue weighted by Gasteiger charge is 2.71. The fourth-order valence-electron chi connectivity index (χ4n) is 3.17. The van der Waals surface area contributed by atoms with Crippen LogP contribution in [0.2, 0.25) is 0 Å². The number of fused-ring (bicyclic) bond motifs is 1. The molecule has 5 nitrogen and oxygen atoms in total. The standard InChI is InChI=1S/C20H9Br2F9N2O3S/c21-12-7-11(17(23,18(22,24)25)19(26,27)28)8-14(37(36)20(29,30)31)15(12)32-16(34)10-4-3-9-2-1-5-33(35)13(9)6-10/h1-8H,(H,32,34). The van der Waals surface area contributed by atoms with E-state index in [-0.39, 0.29) is 23.2 Å². The lowest BCUT2D eigenvalue weighted by atomic mass is 9.95. The summed E-state index contributed by atoms with van der Waals surface area (Å²) in [6.45, 7) is 0. The molecular formula is C20H9Br2F9N2O3S. The second kappa shape index (κ2) is 9.72. The number of rotatable bonds is 5. The number of hydrogen-bond acceptors (Lipinski definition) is 3. The van der Waals surface area contributed by atoms with Crippen molar-refractivity contribution in [1.82, 2.24) is 0 Å². The van der Waals surface area contributed by atoms with Gasteiger partial charge in [0.1, 0.15) is 0 Å². The molecule has 1 aromatic heterocycles. The van der Waals surface area contributed by atoms with Crippen molar-refractivity contribution < 1.29 is 53.2 Å². The van der Waals surface area contributed by atoms with Gasteiger partial charge in [-0.3, -0.25) is 4.79 Å². The minimum Gasteiger partial charge on any atom is -0.618 e. The second-order valence-corrected chi connectivity index (χ2v) is 10.6. The third kappa shape index (κ3) is 5.43. The Hall–Kier alpha value is -2.40. The van der Waals surface area contributed by atoms with Gasteiger partial charge in [-0.25, -0.2) is 8.60 Å². The summed E-state index contributed by atoms with van der Waals surface area (Å²) >= 11 is 3.82. The van der Waals surface area contributed by atoms with Gasteiger partial charge in [-0.1, -0.05) is 0 Å². The van der Waals surface area contributed by atoms with E-state index in [1.165, 1.54) is 34.1 Å². The Bertz CT molecular complexity index is 1390. The number of carbonyl (C=O) groups excluding carboxylic acids is 1. The van der Waals surface area contributed by atoms with E-state index in [0.717, 1.165) is 18.3 Å². The molecule has 1 amide bonds. The van der Waals surface area contributed by atoms with Crippen LogP contribution in [0.25, 0.3) is 10.9 Å². The predicted molar refractivity (Wildman–Crippen MR) is 120 cm³/mol. The molecule has 2 atom stereocenters. The lowest BCUT2D eigenvalue weighted by molar-refractivity contribution is -0.577. The molecule has 2 unspecified atom stereocenters. The zero-order chi connectivity index (χ0) is 28.1. The maximum atomic E-state index is 14.9. The SMILES string of the molecule is O=C(Nc1c(Br)cc(C(F)(C(F)(F)F)C(F)(F)Br)cc1S(=O)C(F)(F)F)c1ccc2ccc[n+]([O-])c2c1. The molecule has 200 valence electrons. The minimum absolute atomic E-state index is 0.0319. The largest absolute Gasteiger partial charge is 0.618 e. The number of aromatic nitrogens is 1. The van der Waals surface area contributed by atoms with Crippen molar-refractivity contribution in [2.75, 3.05) is 5.32 Å². The van der Waals surface area contributed by atoms with E-state index in [2.05, 4.69) is 15.9 Å². The van der Waals surface area contributed by atoms with Crippen LogP contribution in [0, 0.1) is 5.21 Å². The van der Waals surface area contributed by atoms with E-state index in [1.807, 2.05) is 5.32 Å². The quantitative estimate of drug-likeness (QED) is 0.138. The number of alkyl halides is 10. The summed E-state index contributed by atoms with van der Waals surface area (Å²) in [5, 5.41) is 14.2. The van der Waals surface area contributed by atoms with Crippen molar-refractivity contribution in [3.05, 3.63) is 69.5 Å². The summed E-state index contributed by atoms with van der Waals surface area (Å²) < 4.78 is 134. The van der Waals surface area contributed by atoms with Crippen LogP contribution < -0.4 is 10.0 Å². The summed E-state index contributed by atoms with van der Waals surface area (Å²) in [6.07, 6.45) is -5.26. The fourth-order valence-corrected chi connectivity index (χ4v) is 5.14. The van der Waals surface area contributed by atoms with Gasteiger partial charge in [0.15, 0.2) is 17.0 Å². The Morgan fingerprint density at radius 3 is 2.14 bits per heavy atom. The molecule has 3 rings (SSSR count). The number of nitrogens with one attached hydrogen (secondary N) is 1. The van der Waals surface area contributed by atoms with Gasteiger partial charge in [0.05, 0.1) is 10.6 Å². The Morgan fingerprint density at radius 1 is 0.973 bits per heavy atom. The zero-order valence-electron chi connectivity index (χ0n) is 17.4. The van der Waals surface area contributed by atoms with Gasteiger partial charge in [0.2, 0.25) is 5.52 Å². The topological polar surface area (TPSA) is 73.1 Å². The van der Waals surface area contributed by atoms with Crippen molar-refractivity contribution >= 4 is 65.2 Å². The van der Waals surface area contributed by atoms with Crippen molar-refractivity contribution in [2.24, 2.45) is 0 Å². The highest BCUT2D eigenvalue weighted by atomic mass is 79.9. The van der Waals surface area contributed by atoms with Crippen LogP contribution in [0.1, 0.15) is 15.9 Å². The molecule has 1 N–H and O–H groups in total. The molecule has 17 heteroatoms. The van der Waals surface area contributed by atoms with Crippen LogP contribution in [0.5, 0.6) is 0 Å². The molecule has 37 heavy (non-hydrogen) atoms. The van der Waals surface area contributed by atoms with Crippen molar-refractivity contribution in [3.8, 4) is 0 Å². The number of pyridine rings is 1. The third-order valence-electron chi connectivity index (χ3n) is 4.91. The number of carbonyl (C=O) groups is 1. The Labute approximate surface area is 219 Å². The lowest BCUT2D eigenvalue weighted by Crippen LogP contribution is -2.49. The molecule has 0 spiro atoms. The van der Waals surface area contributed by atoms with Gasteiger partial charge in [0, 0.05) is 33.1 Å². The zero-order valence-corrected chi connectivity index (χ0v) is 21.3. The Kier molecular flexibility index (Phi) is 7.66. The van der Waals surface area contributed by atoms with Gasteiger partial charge >= 0.3 is 22.2 Å². The monoisotopic (exact) mass is 686 g/mol. The molecule has 0 bridgehead atoms. The summed E-state index contributed by atoms with van der Waals surface area (Å²) in [5.41, 5.74) is -14.6. The van der Waals surface area contributed by atoms with E-state index in [0.29, 0.717) is 10.1 Å². The second-order valence-electron chi connectivity index (χ2n) is 7.26. The first-order chi connectivity index (χ1) is 16.8. The third-order valence-corrected chi connectivity index (χ3v) is 7.22. The van der Waals surface area contributed by atoms with Crippen LogP contribution in [0.3, 0.4) is 0 Å². The maximum Gasteiger partial charge on any atom is 0.475 e. The number of nitrogens with zero attached hydrogens (tertiary/aromatic N) is 1. The smallest absolute Gasteiger partial charge is 0.475 e. The summed E-state index contributed by atoms with van der Waals surface area (Å²) in [4.78, 5) is 5.73. The number of hydrogen-bond donors (Lipinski definition) is 1. The first-order valence-electron chi connectivity index (χ1n) is 9.37. The number of benzene rings is 2. The van der Waals surface area contributed by atoms with E-state index in [9.17, 15) is 53.7 Å². The average Bonchev–Trinajstić information content (AvgIpc) is 2.77. The lowest BCUT2D eigenvalue weighted by Gasteiger charge is -2.32. The Morgan fingerprint density at radius 2 is 1.59 bits per heavy atom. The van der Waals surface area contributed by atoms with Crippen LogP contribution in [0.4, 0.5) is 45.2 Å². The summed E-state index contributed by atoms with van der Waals surface area (Å²) in [5.74, 6) is -1.22. The highest BCUT2D eigenvalue weighted by molar-refractivity contribution is 9.10. The molecule has 0 saturated carbocycles. The molecule has 0 aliphatic heterocycles. The molecule has 0 radical (unpaired) electrons. The van der Waals surface area contributed by atoms with Crippen LogP contribution in [0.15, 0.2) is 58.0 Å². The molecule has 3 aromatic rings.